The van der Waals surface area contributed by atoms with Crippen molar-refractivity contribution in [2.75, 3.05) is 20.1 Å². The highest BCUT2D eigenvalue weighted by molar-refractivity contribution is 4.61. The van der Waals surface area contributed by atoms with E-state index in [1.54, 1.807) is 0 Å². The highest BCUT2D eigenvalue weighted by Gasteiger charge is 2.04. The van der Waals surface area contributed by atoms with Crippen molar-refractivity contribution in [2.45, 2.75) is 26.7 Å². The molecule has 50 valence electrons. The average molecular weight is 115 g/mol. The van der Waals surface area contributed by atoms with E-state index in [0.29, 0.717) is 0 Å². The molecule has 1 aliphatic heterocycles. The van der Waals surface area contributed by atoms with Gasteiger partial charge in [0.25, 0.3) is 0 Å². The zero-order chi connectivity index (χ0) is 6.41. The molecule has 1 fully saturated rings. The predicted molar refractivity (Wildman–Crippen MR) is 38.1 cm³/mol. The van der Waals surface area contributed by atoms with Crippen molar-refractivity contribution in [2.24, 2.45) is 0 Å². The quantitative estimate of drug-likeness (QED) is 0.465. The van der Waals surface area contributed by atoms with E-state index in [1.165, 1.54) is 25.9 Å². The van der Waals surface area contributed by atoms with Crippen molar-refractivity contribution in [3.05, 3.63) is 0 Å². The van der Waals surface area contributed by atoms with Crippen LogP contribution in [0.4, 0.5) is 0 Å². The first kappa shape index (κ1) is 7.96. The zero-order valence-corrected chi connectivity index (χ0v) is 6.28. The number of hydrogen-bond donors (Lipinski definition) is 0. The second kappa shape index (κ2) is 5.10. The van der Waals surface area contributed by atoms with Gasteiger partial charge in [0.15, 0.2) is 0 Å². The molecule has 0 bridgehead atoms. The smallest absolute Gasteiger partial charge is 0.000959 e. The summed E-state index contributed by atoms with van der Waals surface area (Å²) in [6, 6.07) is 0. The normalized spacial score (nSPS) is 18.4. The summed E-state index contributed by atoms with van der Waals surface area (Å²) in [6.07, 6.45) is 2.66. The summed E-state index contributed by atoms with van der Waals surface area (Å²) in [5.41, 5.74) is 0. The highest BCUT2D eigenvalue weighted by atomic mass is 15.1. The van der Waals surface area contributed by atoms with Gasteiger partial charge in [0.05, 0.1) is 0 Å². The molecule has 0 aromatic carbocycles. The van der Waals surface area contributed by atoms with E-state index >= 15 is 0 Å². The summed E-state index contributed by atoms with van der Waals surface area (Å²) in [5.74, 6) is 0. The fraction of sp³-hybridized carbons (Fsp3) is 1.00. The molecule has 0 aliphatic carbocycles. The van der Waals surface area contributed by atoms with Crippen LogP contribution in [0.2, 0.25) is 0 Å². The van der Waals surface area contributed by atoms with Crippen molar-refractivity contribution in [3.63, 3.8) is 0 Å². The molecular formula is C7H17N. The molecule has 1 heteroatoms. The Kier molecular flexibility index (Phi) is 5.08. The zero-order valence-electron chi connectivity index (χ0n) is 6.28. The number of likely N-dealkylation sites (tertiary alicyclic amines) is 1. The maximum atomic E-state index is 2.31. The molecule has 0 spiro atoms. The minimum Gasteiger partial charge on any atom is -0.306 e. The Morgan fingerprint density at radius 3 is 1.50 bits per heavy atom. The van der Waals surface area contributed by atoms with Crippen LogP contribution < -0.4 is 0 Å². The molecule has 0 saturated carbocycles. The third-order valence-electron chi connectivity index (χ3n) is 1.08. The van der Waals surface area contributed by atoms with Gasteiger partial charge in [-0.25, -0.2) is 0 Å². The van der Waals surface area contributed by atoms with Crippen LogP contribution in [-0.4, -0.2) is 25.0 Å². The minimum absolute atomic E-state index is 1.25. The third kappa shape index (κ3) is 4.13. The molecule has 0 N–H and O–H groups in total. The molecule has 0 amide bonds. The first-order valence-corrected chi connectivity index (χ1v) is 3.49. The standard InChI is InChI=1S/C4H9N.C3H8/c1-5-3-2-4-5;1-3-2/h2-4H2,1H3;3H2,1-2H3. The van der Waals surface area contributed by atoms with Gasteiger partial charge in [0.1, 0.15) is 0 Å². The second-order valence-corrected chi connectivity index (χ2v) is 2.36. The molecule has 1 saturated heterocycles. The minimum atomic E-state index is 1.25. The Hall–Kier alpha value is -0.0400. The lowest BCUT2D eigenvalue weighted by Gasteiger charge is -2.24. The molecule has 1 rings (SSSR count). The van der Waals surface area contributed by atoms with E-state index < -0.39 is 0 Å². The van der Waals surface area contributed by atoms with Crippen LogP contribution in [0.15, 0.2) is 0 Å². The van der Waals surface area contributed by atoms with Gasteiger partial charge < -0.3 is 4.90 Å². The van der Waals surface area contributed by atoms with E-state index in [4.69, 9.17) is 0 Å². The van der Waals surface area contributed by atoms with E-state index in [2.05, 4.69) is 25.8 Å². The van der Waals surface area contributed by atoms with Crippen molar-refractivity contribution in [1.82, 2.24) is 4.90 Å². The summed E-state index contributed by atoms with van der Waals surface area (Å²) in [5, 5.41) is 0. The fourth-order valence-corrected chi connectivity index (χ4v) is 0.474. The van der Waals surface area contributed by atoms with Crippen molar-refractivity contribution in [3.8, 4) is 0 Å². The predicted octanol–water partition coefficient (Wildman–Crippen LogP) is 1.74. The molecule has 0 radical (unpaired) electrons. The molecule has 0 aromatic rings. The Morgan fingerprint density at radius 1 is 1.25 bits per heavy atom. The SMILES string of the molecule is CCC.CN1CCC1. The number of hydrogen-bond acceptors (Lipinski definition) is 1. The van der Waals surface area contributed by atoms with Crippen LogP contribution in [0, 0.1) is 0 Å². The van der Waals surface area contributed by atoms with Gasteiger partial charge in [-0.2, -0.15) is 0 Å². The van der Waals surface area contributed by atoms with Crippen LogP contribution in [0.5, 0.6) is 0 Å². The van der Waals surface area contributed by atoms with Crippen LogP contribution >= 0.6 is 0 Å². The number of rotatable bonds is 0. The van der Waals surface area contributed by atoms with Gasteiger partial charge in [-0.15, -0.1) is 0 Å². The molecule has 0 atom stereocenters. The first-order valence-electron chi connectivity index (χ1n) is 3.49. The van der Waals surface area contributed by atoms with E-state index in [0.717, 1.165) is 0 Å². The summed E-state index contributed by atoms with van der Waals surface area (Å²) in [6.45, 7) is 6.89. The molecule has 8 heavy (non-hydrogen) atoms. The first-order chi connectivity index (χ1) is 3.81. The topological polar surface area (TPSA) is 3.24 Å². The van der Waals surface area contributed by atoms with E-state index in [-0.39, 0.29) is 0 Å². The third-order valence-corrected chi connectivity index (χ3v) is 1.08. The van der Waals surface area contributed by atoms with Crippen LogP contribution in [0.25, 0.3) is 0 Å². The van der Waals surface area contributed by atoms with Crippen LogP contribution in [0.3, 0.4) is 0 Å². The van der Waals surface area contributed by atoms with Crippen LogP contribution in [-0.2, 0) is 0 Å². The van der Waals surface area contributed by atoms with E-state index in [9.17, 15) is 0 Å². The maximum absolute atomic E-state index is 2.31. The summed E-state index contributed by atoms with van der Waals surface area (Å²) >= 11 is 0. The highest BCUT2D eigenvalue weighted by Crippen LogP contribution is 1.98. The van der Waals surface area contributed by atoms with Gasteiger partial charge >= 0.3 is 0 Å². The molecule has 1 heterocycles. The van der Waals surface area contributed by atoms with Gasteiger partial charge in [-0.05, 0) is 26.6 Å². The average Bonchev–Trinajstić information content (AvgIpc) is 1.64. The lowest BCUT2D eigenvalue weighted by Crippen LogP contribution is -2.32. The van der Waals surface area contributed by atoms with Gasteiger partial charge in [0.2, 0.25) is 0 Å². The molecule has 1 aliphatic rings. The van der Waals surface area contributed by atoms with Gasteiger partial charge in [-0.1, -0.05) is 20.3 Å². The Morgan fingerprint density at radius 2 is 1.50 bits per heavy atom. The Bertz CT molecular complexity index is 39.7. The Labute approximate surface area is 52.7 Å². The Balaban J connectivity index is 0.000000145. The largest absolute Gasteiger partial charge is 0.306 e. The van der Waals surface area contributed by atoms with Crippen molar-refractivity contribution < 1.29 is 0 Å². The second-order valence-electron chi connectivity index (χ2n) is 2.36. The molecule has 0 unspecified atom stereocenters. The molecule has 1 nitrogen and oxygen atoms in total. The lowest BCUT2D eigenvalue weighted by atomic mass is 10.3. The summed E-state index contributed by atoms with van der Waals surface area (Å²) < 4.78 is 0. The maximum Gasteiger partial charge on any atom is -0.000959 e. The molecule has 0 aromatic heterocycles. The van der Waals surface area contributed by atoms with Crippen molar-refractivity contribution >= 4 is 0 Å². The monoisotopic (exact) mass is 115 g/mol. The van der Waals surface area contributed by atoms with Crippen molar-refractivity contribution in [1.29, 1.82) is 0 Å². The number of nitrogens with zero attached hydrogens (tertiary/aromatic N) is 1. The molecular weight excluding hydrogens is 98.1 g/mol. The van der Waals surface area contributed by atoms with Gasteiger partial charge in [-0.3, -0.25) is 0 Å². The van der Waals surface area contributed by atoms with Crippen LogP contribution in [0.1, 0.15) is 26.7 Å². The van der Waals surface area contributed by atoms with E-state index in [1.807, 2.05) is 0 Å². The fourth-order valence-electron chi connectivity index (χ4n) is 0.474. The summed E-state index contributed by atoms with van der Waals surface area (Å²) in [7, 11) is 2.14. The summed E-state index contributed by atoms with van der Waals surface area (Å²) in [4.78, 5) is 2.31. The lowest BCUT2D eigenvalue weighted by molar-refractivity contribution is 0.229. The van der Waals surface area contributed by atoms with Gasteiger partial charge in [0, 0.05) is 0 Å².